The van der Waals surface area contributed by atoms with E-state index in [0.29, 0.717) is 23.1 Å². The molecule has 0 saturated heterocycles. The summed E-state index contributed by atoms with van der Waals surface area (Å²) >= 11 is 5.80. The monoisotopic (exact) mass is 298 g/mol. The largest absolute Gasteiger partial charge is 0.340 e. The molecule has 2 aromatic heterocycles. The molecule has 1 aromatic carbocycles. The molecule has 0 saturated carbocycles. The van der Waals surface area contributed by atoms with E-state index in [1.807, 2.05) is 0 Å². The van der Waals surface area contributed by atoms with Crippen molar-refractivity contribution in [3.05, 3.63) is 41.3 Å². The molecule has 8 heteroatoms. The van der Waals surface area contributed by atoms with Crippen LogP contribution >= 0.6 is 11.6 Å². The molecular weight excluding hydrogens is 290 g/mol. The molecule has 5 nitrogen and oxygen atoms in total. The first-order valence-corrected chi connectivity index (χ1v) is 6.31. The third-order valence-corrected chi connectivity index (χ3v) is 3.08. The molecule has 0 aliphatic carbocycles. The van der Waals surface area contributed by atoms with Gasteiger partial charge in [-0.2, -0.15) is 4.98 Å². The Morgan fingerprint density at radius 2 is 2.10 bits per heavy atom. The van der Waals surface area contributed by atoms with E-state index in [2.05, 4.69) is 15.1 Å². The summed E-state index contributed by atoms with van der Waals surface area (Å²) in [5.41, 5.74) is 0.378. The Bertz CT molecular complexity index is 783. The summed E-state index contributed by atoms with van der Waals surface area (Å²) in [5.74, 6) is -0.135. The van der Waals surface area contributed by atoms with Gasteiger partial charge in [0.1, 0.15) is 17.2 Å². The van der Waals surface area contributed by atoms with Gasteiger partial charge < -0.3 is 9.09 Å². The second-order valence-corrected chi connectivity index (χ2v) is 4.50. The van der Waals surface area contributed by atoms with Crippen LogP contribution in [0, 0.1) is 18.6 Å². The fourth-order valence-electron chi connectivity index (χ4n) is 2.02. The number of alkyl halides is 1. The lowest BCUT2D eigenvalue weighted by atomic mass is 10.3. The fourth-order valence-corrected chi connectivity index (χ4v) is 2.23. The van der Waals surface area contributed by atoms with Crippen molar-refractivity contribution in [3.63, 3.8) is 0 Å². The number of hydrogen-bond donors (Lipinski definition) is 0. The Morgan fingerprint density at radius 1 is 1.30 bits per heavy atom. The zero-order valence-electron chi connectivity index (χ0n) is 10.4. The van der Waals surface area contributed by atoms with Gasteiger partial charge in [-0.1, -0.05) is 5.16 Å². The van der Waals surface area contributed by atoms with Crippen LogP contribution in [0.25, 0.3) is 11.0 Å². The molecule has 0 bridgehead atoms. The van der Waals surface area contributed by atoms with Crippen molar-refractivity contribution in [3.8, 4) is 0 Å². The van der Waals surface area contributed by atoms with Gasteiger partial charge in [-0.3, -0.25) is 0 Å². The average molecular weight is 299 g/mol. The summed E-state index contributed by atoms with van der Waals surface area (Å²) in [6.45, 7) is 1.84. The van der Waals surface area contributed by atoms with Gasteiger partial charge in [0.25, 0.3) is 0 Å². The highest BCUT2D eigenvalue weighted by molar-refractivity contribution is 6.16. The number of hydrogen-bond acceptors (Lipinski definition) is 4. The highest BCUT2D eigenvalue weighted by atomic mass is 35.5. The highest BCUT2D eigenvalue weighted by Crippen LogP contribution is 2.22. The SMILES string of the molecule is Cc1nc(Cn2c(CCl)nc3c(F)cc(F)cc32)no1. The molecule has 20 heavy (non-hydrogen) atoms. The lowest BCUT2D eigenvalue weighted by Crippen LogP contribution is -2.05. The van der Waals surface area contributed by atoms with Crippen molar-refractivity contribution < 1.29 is 13.3 Å². The maximum atomic E-state index is 13.7. The van der Waals surface area contributed by atoms with E-state index in [9.17, 15) is 8.78 Å². The van der Waals surface area contributed by atoms with Gasteiger partial charge in [-0.05, 0) is 6.07 Å². The Hall–Kier alpha value is -2.02. The van der Waals surface area contributed by atoms with Gasteiger partial charge in [0.05, 0.1) is 17.9 Å². The van der Waals surface area contributed by atoms with E-state index >= 15 is 0 Å². The smallest absolute Gasteiger partial charge is 0.223 e. The van der Waals surface area contributed by atoms with Crippen molar-refractivity contribution in [2.75, 3.05) is 0 Å². The zero-order valence-corrected chi connectivity index (χ0v) is 11.2. The van der Waals surface area contributed by atoms with Gasteiger partial charge in [-0.15, -0.1) is 11.6 Å². The van der Waals surface area contributed by atoms with Crippen LogP contribution in [0.4, 0.5) is 8.78 Å². The first-order valence-electron chi connectivity index (χ1n) is 5.78. The molecule has 2 heterocycles. The molecule has 0 amide bonds. The number of aryl methyl sites for hydroxylation is 1. The van der Waals surface area contributed by atoms with Gasteiger partial charge in [-0.25, -0.2) is 13.8 Å². The summed E-state index contributed by atoms with van der Waals surface area (Å²) < 4.78 is 33.5. The molecule has 0 unspecified atom stereocenters. The molecule has 0 aliphatic heterocycles. The number of nitrogens with zero attached hydrogens (tertiary/aromatic N) is 4. The molecule has 3 rings (SSSR count). The topological polar surface area (TPSA) is 56.7 Å². The quantitative estimate of drug-likeness (QED) is 0.698. The third-order valence-electron chi connectivity index (χ3n) is 2.84. The predicted molar refractivity (Wildman–Crippen MR) is 67.3 cm³/mol. The number of fused-ring (bicyclic) bond motifs is 1. The predicted octanol–water partition coefficient (Wildman–Crippen LogP) is 2.79. The van der Waals surface area contributed by atoms with Crippen molar-refractivity contribution in [1.29, 1.82) is 0 Å². The zero-order chi connectivity index (χ0) is 14.3. The minimum absolute atomic E-state index is 0.0621. The van der Waals surface area contributed by atoms with Crippen LogP contribution in [0.1, 0.15) is 17.5 Å². The summed E-state index contributed by atoms with van der Waals surface area (Å²) in [5, 5.41) is 3.75. The summed E-state index contributed by atoms with van der Waals surface area (Å²) in [6.07, 6.45) is 0. The maximum absolute atomic E-state index is 13.7. The highest BCUT2D eigenvalue weighted by Gasteiger charge is 2.16. The first-order chi connectivity index (χ1) is 9.58. The van der Waals surface area contributed by atoms with Crippen LogP contribution in [0.5, 0.6) is 0 Å². The number of aromatic nitrogens is 4. The molecular formula is C12H9ClF2N4O. The van der Waals surface area contributed by atoms with E-state index in [1.165, 1.54) is 6.07 Å². The molecule has 0 spiro atoms. The number of halogens is 3. The normalized spacial score (nSPS) is 11.4. The standard InChI is InChI=1S/C12H9ClF2N4O/c1-6-16-10(18-20-6)5-19-9-3-7(14)2-8(15)12(9)17-11(19)4-13/h2-3H,4-5H2,1H3. The van der Waals surface area contributed by atoms with E-state index in [0.717, 1.165) is 6.07 Å². The minimum Gasteiger partial charge on any atom is -0.340 e. The second-order valence-electron chi connectivity index (χ2n) is 4.23. The lowest BCUT2D eigenvalue weighted by molar-refractivity contribution is 0.386. The third kappa shape index (κ3) is 2.14. The Labute approximate surface area is 117 Å². The van der Waals surface area contributed by atoms with Crippen LogP contribution in [0.2, 0.25) is 0 Å². The van der Waals surface area contributed by atoms with Crippen LogP contribution in [0.15, 0.2) is 16.7 Å². The van der Waals surface area contributed by atoms with Crippen LogP contribution in [-0.2, 0) is 12.4 Å². The van der Waals surface area contributed by atoms with Gasteiger partial charge >= 0.3 is 0 Å². The Balaban J connectivity index is 2.17. The number of benzene rings is 1. The van der Waals surface area contributed by atoms with Crippen molar-refractivity contribution in [2.45, 2.75) is 19.3 Å². The van der Waals surface area contributed by atoms with Crippen LogP contribution < -0.4 is 0 Å². The summed E-state index contributed by atoms with van der Waals surface area (Å²) in [6, 6.07) is 1.99. The van der Waals surface area contributed by atoms with E-state index in [4.69, 9.17) is 16.1 Å². The maximum Gasteiger partial charge on any atom is 0.223 e. The van der Waals surface area contributed by atoms with Gasteiger partial charge in [0.15, 0.2) is 11.6 Å². The summed E-state index contributed by atoms with van der Waals surface area (Å²) in [4.78, 5) is 8.13. The molecule has 0 atom stereocenters. The molecule has 0 radical (unpaired) electrons. The Morgan fingerprint density at radius 3 is 2.75 bits per heavy atom. The molecule has 0 aliphatic rings. The minimum atomic E-state index is -0.727. The van der Waals surface area contributed by atoms with Crippen molar-refractivity contribution >= 4 is 22.6 Å². The summed E-state index contributed by atoms with van der Waals surface area (Å²) in [7, 11) is 0. The van der Waals surface area contributed by atoms with E-state index < -0.39 is 11.6 Å². The molecule has 3 aromatic rings. The first kappa shape index (κ1) is 13.0. The fraction of sp³-hybridized carbons (Fsp3) is 0.250. The lowest BCUT2D eigenvalue weighted by Gasteiger charge is -2.04. The van der Waals surface area contributed by atoms with Crippen molar-refractivity contribution in [1.82, 2.24) is 19.7 Å². The van der Waals surface area contributed by atoms with Crippen LogP contribution in [0.3, 0.4) is 0 Å². The number of imidazole rings is 1. The number of rotatable bonds is 3. The molecule has 0 N–H and O–H groups in total. The molecule has 104 valence electrons. The Kier molecular flexibility index (Phi) is 3.13. The van der Waals surface area contributed by atoms with Crippen LogP contribution in [-0.4, -0.2) is 19.7 Å². The van der Waals surface area contributed by atoms with Gasteiger partial charge in [0, 0.05) is 13.0 Å². The average Bonchev–Trinajstić information content (AvgIpc) is 2.95. The van der Waals surface area contributed by atoms with E-state index in [-0.39, 0.29) is 17.9 Å². The molecule has 0 fully saturated rings. The van der Waals surface area contributed by atoms with E-state index in [1.54, 1.807) is 11.5 Å². The second kappa shape index (κ2) is 4.82. The van der Waals surface area contributed by atoms with Gasteiger partial charge in [0.2, 0.25) is 5.89 Å². The van der Waals surface area contributed by atoms with Crippen molar-refractivity contribution in [2.24, 2.45) is 0 Å².